The molecule has 1 aliphatic rings. The molecule has 0 saturated carbocycles. The van der Waals surface area contributed by atoms with Crippen LogP contribution in [0.4, 0.5) is 0 Å². The first kappa shape index (κ1) is 12.9. The largest absolute Gasteiger partial charge is 0.493 e. The third-order valence-corrected chi connectivity index (χ3v) is 3.61. The average Bonchev–Trinajstić information content (AvgIpc) is 2.48. The van der Waals surface area contributed by atoms with Gasteiger partial charge in [0, 0.05) is 24.4 Å². The summed E-state index contributed by atoms with van der Waals surface area (Å²) in [5, 5.41) is 3.39. The molecule has 0 bridgehead atoms. The smallest absolute Gasteiger partial charge is 0.254 e. The van der Waals surface area contributed by atoms with Crippen molar-refractivity contribution in [3.63, 3.8) is 0 Å². The number of hydrogen-bond acceptors (Lipinski definition) is 3. The number of carbonyl (C=O) groups excluding carboxylic acids is 1. The Morgan fingerprint density at radius 2 is 2.20 bits per heavy atom. The molecule has 1 atom stereocenters. The van der Waals surface area contributed by atoms with Gasteiger partial charge in [0.1, 0.15) is 5.75 Å². The van der Waals surface area contributed by atoms with E-state index in [9.17, 15) is 4.79 Å². The van der Waals surface area contributed by atoms with Crippen LogP contribution in [0.1, 0.15) is 28.4 Å². The van der Waals surface area contributed by atoms with Crippen LogP contribution in [0.3, 0.4) is 0 Å². The van der Waals surface area contributed by atoms with E-state index >= 15 is 0 Å². The van der Waals surface area contributed by atoms with E-state index in [1.165, 1.54) is 6.20 Å². The van der Waals surface area contributed by atoms with Gasteiger partial charge in [-0.25, -0.2) is 0 Å². The second-order valence-corrected chi connectivity index (χ2v) is 4.96. The molecule has 102 valence electrons. The highest BCUT2D eigenvalue weighted by Crippen LogP contribution is 2.31. The van der Waals surface area contributed by atoms with Crippen molar-refractivity contribution in [1.82, 2.24) is 10.3 Å². The van der Waals surface area contributed by atoms with E-state index in [0.29, 0.717) is 17.2 Å². The van der Waals surface area contributed by atoms with Gasteiger partial charge in [-0.1, -0.05) is 29.8 Å². The van der Waals surface area contributed by atoms with E-state index in [0.717, 1.165) is 17.7 Å². The number of halogens is 1. The van der Waals surface area contributed by atoms with Crippen LogP contribution in [0.15, 0.2) is 42.7 Å². The van der Waals surface area contributed by atoms with Crippen LogP contribution in [0.5, 0.6) is 5.75 Å². The van der Waals surface area contributed by atoms with Gasteiger partial charge in [-0.05, 0) is 12.1 Å². The molecule has 0 fully saturated rings. The second kappa shape index (κ2) is 5.51. The Hall–Kier alpha value is -2.07. The van der Waals surface area contributed by atoms with Crippen molar-refractivity contribution in [1.29, 1.82) is 0 Å². The van der Waals surface area contributed by atoms with E-state index < -0.39 is 0 Å². The van der Waals surface area contributed by atoms with E-state index in [1.807, 2.05) is 24.3 Å². The van der Waals surface area contributed by atoms with Crippen LogP contribution in [0.25, 0.3) is 0 Å². The van der Waals surface area contributed by atoms with Crippen LogP contribution in [0.2, 0.25) is 5.02 Å². The molecule has 1 unspecified atom stereocenters. The minimum Gasteiger partial charge on any atom is -0.493 e. The molecule has 1 amide bonds. The molecule has 1 aromatic heterocycles. The molecule has 2 heterocycles. The Morgan fingerprint density at radius 3 is 3.05 bits per heavy atom. The van der Waals surface area contributed by atoms with Gasteiger partial charge in [0.2, 0.25) is 0 Å². The molecule has 0 radical (unpaired) electrons. The predicted octanol–water partition coefficient (Wildman–Crippen LogP) is 2.99. The molecule has 1 aromatic carbocycles. The maximum atomic E-state index is 12.3. The number of ether oxygens (including phenoxy) is 1. The van der Waals surface area contributed by atoms with Crippen molar-refractivity contribution in [2.45, 2.75) is 12.5 Å². The molecular weight excluding hydrogens is 276 g/mol. The number of rotatable bonds is 2. The lowest BCUT2D eigenvalue weighted by Gasteiger charge is -2.26. The molecule has 20 heavy (non-hydrogen) atoms. The van der Waals surface area contributed by atoms with Crippen molar-refractivity contribution in [3.8, 4) is 5.75 Å². The Labute approximate surface area is 121 Å². The zero-order valence-electron chi connectivity index (χ0n) is 10.7. The molecule has 1 aliphatic heterocycles. The number of para-hydroxylation sites is 1. The quantitative estimate of drug-likeness (QED) is 0.924. The molecule has 3 rings (SSSR count). The highest BCUT2D eigenvalue weighted by molar-refractivity contribution is 6.33. The summed E-state index contributed by atoms with van der Waals surface area (Å²) in [6.07, 6.45) is 3.77. The number of carbonyl (C=O) groups is 1. The lowest BCUT2D eigenvalue weighted by molar-refractivity contribution is 0.0924. The maximum Gasteiger partial charge on any atom is 0.254 e. The van der Waals surface area contributed by atoms with Crippen molar-refractivity contribution in [3.05, 3.63) is 58.9 Å². The van der Waals surface area contributed by atoms with Crippen LogP contribution in [0, 0.1) is 0 Å². The standard InChI is InChI=1S/C15H13ClN2O2/c16-12-5-7-17-9-11(12)15(19)18-13-6-8-20-14-4-2-1-3-10(13)14/h1-5,7,9,13H,6,8H2,(H,18,19). The predicted molar refractivity (Wildman–Crippen MR) is 76.0 cm³/mol. The highest BCUT2D eigenvalue weighted by Gasteiger charge is 2.23. The number of nitrogens with zero attached hydrogens (tertiary/aromatic N) is 1. The number of nitrogens with one attached hydrogen (secondary N) is 1. The van der Waals surface area contributed by atoms with Gasteiger partial charge in [-0.2, -0.15) is 0 Å². The van der Waals surface area contributed by atoms with Gasteiger partial charge in [0.25, 0.3) is 5.91 Å². The summed E-state index contributed by atoms with van der Waals surface area (Å²) >= 11 is 6.01. The third-order valence-electron chi connectivity index (χ3n) is 3.28. The third kappa shape index (κ3) is 2.47. The summed E-state index contributed by atoms with van der Waals surface area (Å²) < 4.78 is 5.57. The molecule has 2 aromatic rings. The number of pyridine rings is 1. The first-order chi connectivity index (χ1) is 9.75. The van der Waals surface area contributed by atoms with Crippen molar-refractivity contribution < 1.29 is 9.53 Å². The molecule has 0 saturated heterocycles. The van der Waals surface area contributed by atoms with Crippen LogP contribution < -0.4 is 10.1 Å². The topological polar surface area (TPSA) is 51.2 Å². The zero-order chi connectivity index (χ0) is 13.9. The molecule has 0 spiro atoms. The number of amides is 1. The number of benzene rings is 1. The fraction of sp³-hybridized carbons (Fsp3) is 0.200. The fourth-order valence-corrected chi connectivity index (χ4v) is 2.46. The van der Waals surface area contributed by atoms with Crippen molar-refractivity contribution in [2.75, 3.05) is 6.61 Å². The van der Waals surface area contributed by atoms with Crippen LogP contribution >= 0.6 is 11.6 Å². The number of aromatic nitrogens is 1. The lowest BCUT2D eigenvalue weighted by atomic mass is 10.0. The molecular formula is C15H13ClN2O2. The fourth-order valence-electron chi connectivity index (χ4n) is 2.27. The first-order valence-corrected chi connectivity index (χ1v) is 6.75. The van der Waals surface area contributed by atoms with Gasteiger partial charge in [0.15, 0.2) is 0 Å². The summed E-state index contributed by atoms with van der Waals surface area (Å²) in [5.74, 6) is 0.603. The molecule has 5 heteroatoms. The van der Waals surface area contributed by atoms with E-state index in [-0.39, 0.29) is 11.9 Å². The van der Waals surface area contributed by atoms with Gasteiger partial charge < -0.3 is 10.1 Å². The summed E-state index contributed by atoms with van der Waals surface area (Å²) in [6, 6.07) is 9.26. The molecule has 0 aliphatic carbocycles. The first-order valence-electron chi connectivity index (χ1n) is 6.38. The summed E-state index contributed by atoms with van der Waals surface area (Å²) in [7, 11) is 0. The maximum absolute atomic E-state index is 12.3. The van der Waals surface area contributed by atoms with Gasteiger partial charge in [-0.15, -0.1) is 0 Å². The van der Waals surface area contributed by atoms with Crippen molar-refractivity contribution in [2.24, 2.45) is 0 Å². The Bertz CT molecular complexity index is 645. The van der Waals surface area contributed by atoms with Gasteiger partial charge >= 0.3 is 0 Å². The highest BCUT2D eigenvalue weighted by atomic mass is 35.5. The zero-order valence-corrected chi connectivity index (χ0v) is 11.4. The van der Waals surface area contributed by atoms with E-state index in [4.69, 9.17) is 16.3 Å². The number of hydrogen-bond donors (Lipinski definition) is 1. The van der Waals surface area contributed by atoms with Crippen LogP contribution in [-0.4, -0.2) is 17.5 Å². The van der Waals surface area contributed by atoms with E-state index in [2.05, 4.69) is 10.3 Å². The Morgan fingerprint density at radius 1 is 1.35 bits per heavy atom. The second-order valence-electron chi connectivity index (χ2n) is 4.56. The average molecular weight is 289 g/mol. The van der Waals surface area contributed by atoms with Gasteiger partial charge in [0.05, 0.1) is 23.2 Å². The lowest BCUT2D eigenvalue weighted by Crippen LogP contribution is -2.32. The Kier molecular flexibility index (Phi) is 3.56. The number of fused-ring (bicyclic) bond motifs is 1. The minimum absolute atomic E-state index is 0.0660. The van der Waals surface area contributed by atoms with Crippen LogP contribution in [-0.2, 0) is 0 Å². The van der Waals surface area contributed by atoms with E-state index in [1.54, 1.807) is 12.3 Å². The SMILES string of the molecule is O=C(NC1CCOc2ccccc21)c1cnccc1Cl. The minimum atomic E-state index is -0.218. The molecule has 4 nitrogen and oxygen atoms in total. The summed E-state index contributed by atoms with van der Waals surface area (Å²) in [4.78, 5) is 16.2. The molecule has 1 N–H and O–H groups in total. The summed E-state index contributed by atoms with van der Waals surface area (Å²) in [6.45, 7) is 0.586. The van der Waals surface area contributed by atoms with Gasteiger partial charge in [-0.3, -0.25) is 9.78 Å². The monoisotopic (exact) mass is 288 g/mol. The van der Waals surface area contributed by atoms with Crippen molar-refractivity contribution >= 4 is 17.5 Å². The summed E-state index contributed by atoms with van der Waals surface area (Å²) in [5.41, 5.74) is 1.38. The normalized spacial score (nSPS) is 16.9. The Balaban J connectivity index is 1.83.